The van der Waals surface area contributed by atoms with Crippen LogP contribution in [0.25, 0.3) is 5.57 Å². The van der Waals surface area contributed by atoms with Gasteiger partial charge >= 0.3 is 11.9 Å². The molecule has 5 heterocycles. The number of allylic oxidation sites excluding steroid dienone is 2. The molecule has 5 N–H and O–H groups in total. The van der Waals surface area contributed by atoms with Crippen molar-refractivity contribution in [1.29, 1.82) is 0 Å². The number of aldehydes is 1. The molecule has 0 saturated heterocycles. The van der Waals surface area contributed by atoms with Gasteiger partial charge in [-0.3, -0.25) is 19.5 Å². The number of aliphatic hydroxyl groups excluding tert-OH is 1. The highest BCUT2D eigenvalue weighted by Gasteiger charge is 2.48. The summed E-state index contributed by atoms with van der Waals surface area (Å²) >= 11 is 0. The number of hydrogen-bond acceptors (Lipinski definition) is 15. The third-order valence-electron chi connectivity index (χ3n) is 10.4. The molecule has 0 spiro atoms. The molecule has 1 aromatic rings. The number of ether oxygens (including phenoxy) is 4. The second-order valence-corrected chi connectivity index (χ2v) is 13.2. The molecule has 0 radical (unpaired) electrons. The van der Waals surface area contributed by atoms with E-state index in [4.69, 9.17) is 24.7 Å². The highest BCUT2D eigenvalue weighted by molar-refractivity contribution is 6.69. The fourth-order valence-electron chi connectivity index (χ4n) is 7.80. The molecule has 270 valence electrons. The Labute approximate surface area is 294 Å². The molecule has 1 aliphatic carbocycles. The van der Waals surface area contributed by atoms with E-state index in [9.17, 15) is 24.6 Å². The van der Waals surface area contributed by atoms with Crippen molar-refractivity contribution in [3.05, 3.63) is 46.5 Å². The summed E-state index contributed by atoms with van der Waals surface area (Å²) in [5, 5.41) is 25.9. The predicted molar refractivity (Wildman–Crippen MR) is 184 cm³/mol. The van der Waals surface area contributed by atoms with Gasteiger partial charge in [-0.25, -0.2) is 4.79 Å². The Kier molecular flexibility index (Phi) is 9.05. The number of esters is 1. The minimum Gasteiger partial charge on any atom is -0.496 e. The Hall–Kier alpha value is -5.22. The first-order valence-corrected chi connectivity index (χ1v) is 17.1. The van der Waals surface area contributed by atoms with Gasteiger partial charge in [-0.1, -0.05) is 25.3 Å². The molecule has 16 nitrogen and oxygen atoms in total. The molecule has 0 aromatic heterocycles. The molecule has 6 aliphatic rings. The highest BCUT2D eigenvalue weighted by atomic mass is 16.6. The maximum atomic E-state index is 13.3. The van der Waals surface area contributed by atoms with E-state index in [0.29, 0.717) is 34.5 Å². The number of nitrogens with one attached hydrogen (secondary N) is 1. The number of carbonyl (C=O) groups excluding carboxylic acids is 3. The van der Waals surface area contributed by atoms with E-state index in [2.05, 4.69) is 20.3 Å². The Morgan fingerprint density at radius 3 is 2.73 bits per heavy atom. The van der Waals surface area contributed by atoms with Crippen molar-refractivity contribution in [2.24, 2.45) is 26.6 Å². The number of amidine groups is 1. The van der Waals surface area contributed by atoms with Gasteiger partial charge in [0.05, 0.1) is 37.0 Å². The van der Waals surface area contributed by atoms with Crippen molar-refractivity contribution in [1.82, 2.24) is 15.1 Å². The number of aliphatic hydroxyl groups is 2. The monoisotopic (exact) mass is 703 g/mol. The van der Waals surface area contributed by atoms with Crippen LogP contribution in [0.5, 0.6) is 17.2 Å². The van der Waals surface area contributed by atoms with Crippen molar-refractivity contribution in [2.75, 3.05) is 26.9 Å². The first kappa shape index (κ1) is 34.2. The number of nitrogens with zero attached hydrogens (tertiary/aromatic N) is 5. The Morgan fingerprint density at radius 2 is 2.02 bits per heavy atom. The Balaban J connectivity index is 1.30. The van der Waals surface area contributed by atoms with Crippen molar-refractivity contribution in [2.45, 2.75) is 77.0 Å². The number of nitrogens with two attached hydrogens (primary N) is 1. The third-order valence-corrected chi connectivity index (χ3v) is 10.4. The third kappa shape index (κ3) is 5.71. The molecule has 1 aromatic carbocycles. The van der Waals surface area contributed by atoms with E-state index in [-0.39, 0.29) is 72.3 Å². The number of guanidine groups is 1. The van der Waals surface area contributed by atoms with Crippen molar-refractivity contribution >= 4 is 41.2 Å². The minimum absolute atomic E-state index is 0.0264. The maximum absolute atomic E-state index is 13.3. The molecular formula is C35H41N7O9. The van der Waals surface area contributed by atoms with Gasteiger partial charge in [0.15, 0.2) is 24.1 Å². The summed E-state index contributed by atoms with van der Waals surface area (Å²) in [6, 6.07) is 0. The van der Waals surface area contributed by atoms with E-state index in [1.54, 1.807) is 37.2 Å². The molecule has 0 bridgehead atoms. The summed E-state index contributed by atoms with van der Waals surface area (Å²) in [6.07, 6.45) is 9.81. The molecule has 1 unspecified atom stereocenters. The van der Waals surface area contributed by atoms with E-state index < -0.39 is 36.5 Å². The number of amides is 1. The van der Waals surface area contributed by atoms with E-state index in [1.165, 1.54) is 7.11 Å². The molecule has 3 atom stereocenters. The van der Waals surface area contributed by atoms with Crippen LogP contribution in [0.1, 0.15) is 62.6 Å². The molecule has 1 amide bonds. The van der Waals surface area contributed by atoms with Gasteiger partial charge < -0.3 is 45.1 Å². The molecule has 16 heteroatoms. The predicted octanol–water partition coefficient (Wildman–Crippen LogP) is 1.24. The van der Waals surface area contributed by atoms with Crippen LogP contribution in [0.2, 0.25) is 0 Å². The summed E-state index contributed by atoms with van der Waals surface area (Å²) in [7, 11) is 1.49. The van der Waals surface area contributed by atoms with Crippen molar-refractivity contribution in [3.8, 4) is 17.2 Å². The average Bonchev–Trinajstić information content (AvgIpc) is 3.88. The van der Waals surface area contributed by atoms with Crippen molar-refractivity contribution < 1.29 is 43.5 Å². The lowest BCUT2D eigenvalue weighted by Gasteiger charge is -2.39. The standard InChI is InChI=1S/C35H41N7O9/c1-4-49-32(46)29-21(15-43)19(10-12-41-13-11-37-34(41)42-17-38-25-30(42)39-33(36)40-31(25)45)24-27(48-3)20-14-23(35(2,47)18-8-6-5-7-9-18)50-26(20)22(16-44)28(24)51-29/h10-11,13,15,18,23,34,37,44,47H,4-9,12,14,16-17H2,1-3H3,(H2,36,40,45)/b19-10+/t23-,34?,35+/m0/s1. The number of aliphatic imine (C=N–C) groups is 3. The number of benzene rings is 1. The number of hydrogen-bond donors (Lipinski definition) is 4. The zero-order valence-corrected chi connectivity index (χ0v) is 28.7. The van der Waals surface area contributed by atoms with Crippen LogP contribution in [0, 0.1) is 5.92 Å². The highest BCUT2D eigenvalue weighted by Crippen LogP contribution is 2.55. The zero-order chi connectivity index (χ0) is 36.0. The number of rotatable bonds is 10. The second kappa shape index (κ2) is 13.5. The first-order chi connectivity index (χ1) is 24.6. The van der Waals surface area contributed by atoms with Crippen LogP contribution in [-0.2, 0) is 32.1 Å². The quantitative estimate of drug-likeness (QED) is 0.200. The molecule has 51 heavy (non-hydrogen) atoms. The van der Waals surface area contributed by atoms with Gasteiger partial charge in [-0.15, -0.1) is 0 Å². The summed E-state index contributed by atoms with van der Waals surface area (Å²) in [4.78, 5) is 54.4. The summed E-state index contributed by atoms with van der Waals surface area (Å²) < 4.78 is 24.0. The van der Waals surface area contributed by atoms with Gasteiger partial charge in [0.1, 0.15) is 35.6 Å². The smallest absolute Gasteiger partial charge is 0.375 e. The fourth-order valence-corrected chi connectivity index (χ4v) is 7.80. The lowest BCUT2D eigenvalue weighted by Crippen LogP contribution is -2.53. The van der Waals surface area contributed by atoms with Gasteiger partial charge in [-0.05, 0) is 32.6 Å². The minimum atomic E-state index is -1.17. The molecule has 5 aliphatic heterocycles. The fraction of sp³-hybridized carbons (Fsp3) is 0.486. The lowest BCUT2D eigenvalue weighted by atomic mass is 9.74. The molecule has 1 fully saturated rings. The summed E-state index contributed by atoms with van der Waals surface area (Å²) in [5.41, 5.74) is 6.18. The van der Waals surface area contributed by atoms with E-state index >= 15 is 0 Å². The lowest BCUT2D eigenvalue weighted by molar-refractivity contribution is -0.141. The summed E-state index contributed by atoms with van der Waals surface area (Å²) in [5.74, 6) is -0.906. The van der Waals surface area contributed by atoms with Gasteiger partial charge in [-0.2, -0.15) is 9.98 Å². The van der Waals surface area contributed by atoms with Crippen molar-refractivity contribution in [3.63, 3.8) is 0 Å². The van der Waals surface area contributed by atoms with Gasteiger partial charge in [0, 0.05) is 36.5 Å². The SMILES string of the molecule is CCOC(=O)C1=C(C=O)/C(=C\CN2C=CNC2N2CN=C3C(=O)N=C(N)N=C32)c2c(OC)c3c(c(CO)c2O1)O[C@H]([C@](C)(O)C1CCCCC1)C3. The van der Waals surface area contributed by atoms with Crippen LogP contribution in [-0.4, -0.2) is 101 Å². The zero-order valence-electron chi connectivity index (χ0n) is 28.7. The first-order valence-electron chi connectivity index (χ1n) is 17.1. The normalized spacial score (nSPS) is 24.5. The second-order valence-electron chi connectivity index (χ2n) is 13.2. The number of carbonyl (C=O) groups is 3. The van der Waals surface area contributed by atoms with Crippen LogP contribution in [0.15, 0.2) is 44.8 Å². The van der Waals surface area contributed by atoms with Gasteiger partial charge in [0.25, 0.3) is 0 Å². The average molecular weight is 704 g/mol. The van der Waals surface area contributed by atoms with Crippen LogP contribution < -0.4 is 25.3 Å². The number of fused-ring (bicyclic) bond motifs is 3. The number of methoxy groups -OCH3 is 1. The molecule has 1 saturated carbocycles. The van der Waals surface area contributed by atoms with E-state index in [1.807, 2.05) is 4.90 Å². The van der Waals surface area contributed by atoms with Crippen LogP contribution in [0.4, 0.5) is 0 Å². The Morgan fingerprint density at radius 1 is 1.24 bits per heavy atom. The maximum Gasteiger partial charge on any atom is 0.375 e. The van der Waals surface area contributed by atoms with E-state index in [0.717, 1.165) is 32.1 Å². The molecule has 7 rings (SSSR count). The molecular weight excluding hydrogens is 662 g/mol. The Bertz CT molecular complexity index is 1850. The van der Waals surface area contributed by atoms with Crippen LogP contribution >= 0.6 is 0 Å². The van der Waals surface area contributed by atoms with Crippen LogP contribution in [0.3, 0.4) is 0 Å². The van der Waals surface area contributed by atoms with Gasteiger partial charge in [0.2, 0.25) is 11.7 Å². The topological polar surface area (TPSA) is 210 Å². The largest absolute Gasteiger partial charge is 0.496 e. The summed E-state index contributed by atoms with van der Waals surface area (Å²) in [6.45, 7) is 3.21.